The minimum Gasteiger partial charge on any atom is -0.496 e. The Hall–Kier alpha value is -1.97. The third-order valence-electron chi connectivity index (χ3n) is 6.02. The first-order valence-corrected chi connectivity index (χ1v) is 8.92. The fraction of sp³-hybridized carbons (Fsp3) is 0.550. The molecule has 1 aliphatic carbocycles. The highest BCUT2D eigenvalue weighted by Crippen LogP contribution is 2.51. The Balaban J connectivity index is 1.68. The fourth-order valence-electron chi connectivity index (χ4n) is 4.99. The van der Waals surface area contributed by atoms with Crippen LogP contribution in [0.3, 0.4) is 0 Å². The molecule has 24 heavy (non-hydrogen) atoms. The molecule has 2 aliphatic rings. The van der Waals surface area contributed by atoms with Crippen molar-refractivity contribution in [2.75, 3.05) is 13.7 Å². The number of methoxy groups -OCH3 is 1. The zero-order valence-electron chi connectivity index (χ0n) is 14.8. The number of ether oxygens (including phenoxy) is 1. The number of carbonyl (C=O) groups excluding carboxylic acids is 1. The van der Waals surface area contributed by atoms with Crippen LogP contribution in [0, 0.1) is 5.41 Å². The second-order valence-electron chi connectivity index (χ2n) is 8.19. The molecule has 1 spiro atoms. The van der Waals surface area contributed by atoms with E-state index in [1.165, 1.54) is 25.7 Å². The van der Waals surface area contributed by atoms with Gasteiger partial charge in [0.1, 0.15) is 11.4 Å². The SMILES string of the molecule is COc1cccc2[nH]c(C(=O)N3CC4(CCCC4)CC3(C)C)cc12. The summed E-state index contributed by atoms with van der Waals surface area (Å²) in [5.74, 6) is 0.915. The van der Waals surface area contributed by atoms with E-state index in [0.29, 0.717) is 11.1 Å². The largest absolute Gasteiger partial charge is 0.496 e. The van der Waals surface area contributed by atoms with Gasteiger partial charge in [0.05, 0.1) is 7.11 Å². The molecule has 0 unspecified atom stereocenters. The second kappa shape index (κ2) is 5.27. The Labute approximate surface area is 143 Å². The lowest BCUT2D eigenvalue weighted by molar-refractivity contribution is 0.0639. The first-order valence-electron chi connectivity index (χ1n) is 8.92. The molecule has 2 aromatic rings. The highest BCUT2D eigenvalue weighted by molar-refractivity contribution is 6.00. The Bertz CT molecular complexity index is 784. The van der Waals surface area contributed by atoms with E-state index in [0.717, 1.165) is 29.6 Å². The lowest BCUT2D eigenvalue weighted by Crippen LogP contribution is -2.43. The van der Waals surface area contributed by atoms with Gasteiger partial charge in [0.15, 0.2) is 0 Å². The molecule has 2 fully saturated rings. The van der Waals surface area contributed by atoms with Crippen LogP contribution in [0.4, 0.5) is 0 Å². The molecule has 1 aliphatic heterocycles. The third-order valence-corrected chi connectivity index (χ3v) is 6.02. The second-order valence-corrected chi connectivity index (χ2v) is 8.19. The van der Waals surface area contributed by atoms with Crippen LogP contribution in [-0.4, -0.2) is 35.0 Å². The quantitative estimate of drug-likeness (QED) is 0.891. The standard InChI is InChI=1S/C20H26N2O2/c1-19(2)12-20(9-4-5-10-20)13-22(19)18(23)16-11-14-15(21-16)7-6-8-17(14)24-3/h6-8,11,21H,4-5,9-10,12-13H2,1-3H3. The number of amides is 1. The smallest absolute Gasteiger partial charge is 0.270 e. The van der Waals surface area contributed by atoms with Gasteiger partial charge in [-0.2, -0.15) is 0 Å². The molecule has 0 radical (unpaired) electrons. The lowest BCUT2D eigenvalue weighted by Gasteiger charge is -2.31. The number of aromatic nitrogens is 1. The number of aromatic amines is 1. The summed E-state index contributed by atoms with van der Waals surface area (Å²) in [5.41, 5.74) is 1.88. The van der Waals surface area contributed by atoms with Crippen LogP contribution in [0.25, 0.3) is 10.9 Å². The van der Waals surface area contributed by atoms with Gasteiger partial charge in [0.25, 0.3) is 5.91 Å². The van der Waals surface area contributed by atoms with E-state index in [9.17, 15) is 4.79 Å². The summed E-state index contributed by atoms with van der Waals surface area (Å²) in [4.78, 5) is 18.6. The highest BCUT2D eigenvalue weighted by Gasteiger charge is 2.51. The fourth-order valence-corrected chi connectivity index (χ4v) is 4.99. The predicted octanol–water partition coefficient (Wildman–Crippen LogP) is 4.36. The number of hydrogen-bond acceptors (Lipinski definition) is 2. The van der Waals surface area contributed by atoms with E-state index in [2.05, 4.69) is 23.7 Å². The first kappa shape index (κ1) is 15.6. The van der Waals surface area contributed by atoms with Gasteiger partial charge < -0.3 is 14.6 Å². The van der Waals surface area contributed by atoms with Crippen molar-refractivity contribution in [2.45, 2.75) is 51.5 Å². The van der Waals surface area contributed by atoms with Crippen molar-refractivity contribution in [1.82, 2.24) is 9.88 Å². The summed E-state index contributed by atoms with van der Waals surface area (Å²) >= 11 is 0. The topological polar surface area (TPSA) is 45.3 Å². The van der Waals surface area contributed by atoms with Crippen molar-refractivity contribution in [1.29, 1.82) is 0 Å². The lowest BCUT2D eigenvalue weighted by atomic mass is 9.81. The number of fused-ring (bicyclic) bond motifs is 1. The summed E-state index contributed by atoms with van der Waals surface area (Å²) in [7, 11) is 1.66. The van der Waals surface area contributed by atoms with Crippen molar-refractivity contribution in [3.8, 4) is 5.75 Å². The molecular formula is C20H26N2O2. The monoisotopic (exact) mass is 326 g/mol. The average Bonchev–Trinajstić information content (AvgIpc) is 3.23. The van der Waals surface area contributed by atoms with Crippen LogP contribution in [-0.2, 0) is 0 Å². The van der Waals surface area contributed by atoms with Crippen molar-refractivity contribution in [3.63, 3.8) is 0 Å². The van der Waals surface area contributed by atoms with Gasteiger partial charge in [-0.3, -0.25) is 4.79 Å². The molecular weight excluding hydrogens is 300 g/mol. The van der Waals surface area contributed by atoms with Gasteiger partial charge in [-0.05, 0) is 56.7 Å². The molecule has 4 nitrogen and oxygen atoms in total. The highest BCUT2D eigenvalue weighted by atomic mass is 16.5. The maximum atomic E-state index is 13.2. The number of likely N-dealkylation sites (tertiary alicyclic amines) is 1. The molecule has 2 heterocycles. The van der Waals surface area contributed by atoms with Crippen LogP contribution in [0.15, 0.2) is 24.3 Å². The maximum Gasteiger partial charge on any atom is 0.270 e. The third kappa shape index (κ3) is 2.31. The van der Waals surface area contributed by atoms with Gasteiger partial charge in [-0.1, -0.05) is 18.9 Å². The van der Waals surface area contributed by atoms with Crippen molar-refractivity contribution < 1.29 is 9.53 Å². The van der Waals surface area contributed by atoms with E-state index < -0.39 is 0 Å². The molecule has 1 aromatic heterocycles. The number of nitrogens with zero attached hydrogens (tertiary/aromatic N) is 1. The normalized spacial score (nSPS) is 21.7. The molecule has 4 heteroatoms. The number of carbonyl (C=O) groups is 1. The van der Waals surface area contributed by atoms with Crippen molar-refractivity contribution in [3.05, 3.63) is 30.0 Å². The minimum absolute atomic E-state index is 0.0806. The molecule has 1 amide bonds. The molecule has 1 saturated heterocycles. The van der Waals surface area contributed by atoms with E-state index >= 15 is 0 Å². The molecule has 128 valence electrons. The minimum atomic E-state index is -0.0806. The summed E-state index contributed by atoms with van der Waals surface area (Å²) in [6, 6.07) is 7.80. The summed E-state index contributed by atoms with van der Waals surface area (Å²) in [5, 5.41) is 0.968. The van der Waals surface area contributed by atoms with Crippen LogP contribution < -0.4 is 4.74 Å². The zero-order chi connectivity index (χ0) is 16.9. The van der Waals surface area contributed by atoms with E-state index in [4.69, 9.17) is 4.74 Å². The molecule has 0 atom stereocenters. The average molecular weight is 326 g/mol. The predicted molar refractivity (Wildman–Crippen MR) is 95.5 cm³/mol. The van der Waals surface area contributed by atoms with E-state index in [1.807, 2.05) is 24.3 Å². The Morgan fingerprint density at radius 2 is 2.00 bits per heavy atom. The number of hydrogen-bond donors (Lipinski definition) is 1. The summed E-state index contributed by atoms with van der Waals surface area (Å²) in [6.45, 7) is 5.31. The van der Waals surface area contributed by atoms with Crippen molar-refractivity contribution >= 4 is 16.8 Å². The van der Waals surface area contributed by atoms with E-state index in [1.54, 1.807) is 7.11 Å². The van der Waals surface area contributed by atoms with Gasteiger partial charge in [0, 0.05) is 23.0 Å². The number of rotatable bonds is 2. The summed E-state index contributed by atoms with van der Waals surface area (Å²) < 4.78 is 5.42. The van der Waals surface area contributed by atoms with Crippen LogP contribution >= 0.6 is 0 Å². The number of nitrogens with one attached hydrogen (secondary N) is 1. The van der Waals surface area contributed by atoms with Gasteiger partial charge in [-0.15, -0.1) is 0 Å². The van der Waals surface area contributed by atoms with Crippen molar-refractivity contribution in [2.24, 2.45) is 5.41 Å². The zero-order valence-corrected chi connectivity index (χ0v) is 14.8. The number of H-pyrrole nitrogens is 1. The first-order chi connectivity index (χ1) is 11.4. The van der Waals surface area contributed by atoms with Crippen LogP contribution in [0.1, 0.15) is 56.4 Å². The molecule has 1 N–H and O–H groups in total. The molecule has 0 bridgehead atoms. The Morgan fingerprint density at radius 3 is 2.71 bits per heavy atom. The van der Waals surface area contributed by atoms with Crippen LogP contribution in [0.2, 0.25) is 0 Å². The Morgan fingerprint density at radius 1 is 1.25 bits per heavy atom. The maximum absolute atomic E-state index is 13.2. The summed E-state index contributed by atoms with van der Waals surface area (Å²) in [6.07, 6.45) is 6.26. The molecule has 4 rings (SSSR count). The van der Waals surface area contributed by atoms with E-state index in [-0.39, 0.29) is 11.4 Å². The molecule has 1 saturated carbocycles. The number of benzene rings is 1. The van der Waals surface area contributed by atoms with Crippen LogP contribution in [0.5, 0.6) is 5.75 Å². The Kier molecular flexibility index (Phi) is 3.41. The molecule has 1 aromatic carbocycles. The van der Waals surface area contributed by atoms with Gasteiger partial charge >= 0.3 is 0 Å². The van der Waals surface area contributed by atoms with Gasteiger partial charge in [0.2, 0.25) is 0 Å². The van der Waals surface area contributed by atoms with Gasteiger partial charge in [-0.25, -0.2) is 0 Å².